The Morgan fingerprint density at radius 1 is 1.13 bits per heavy atom. The van der Waals surface area contributed by atoms with Gasteiger partial charge in [-0.05, 0) is 78.9 Å². The Bertz CT molecular complexity index is 730. The summed E-state index contributed by atoms with van der Waals surface area (Å²) in [6.45, 7) is 3.10. The van der Waals surface area contributed by atoms with Crippen molar-refractivity contribution in [2.75, 3.05) is 20.3 Å². The highest BCUT2D eigenvalue weighted by atomic mass is 31.2. The van der Waals surface area contributed by atoms with Gasteiger partial charge >= 0.3 is 7.82 Å². The second-order valence-electron chi connectivity index (χ2n) is 9.85. The van der Waals surface area contributed by atoms with Crippen LogP contribution in [0.15, 0.2) is 18.2 Å². The Balaban J connectivity index is 1.49. The van der Waals surface area contributed by atoms with Crippen LogP contribution in [-0.2, 0) is 26.7 Å². The van der Waals surface area contributed by atoms with E-state index in [9.17, 15) is 4.57 Å². The molecular formula is C24H39O5P. The molecule has 3 atom stereocenters. The van der Waals surface area contributed by atoms with Gasteiger partial charge in [0.2, 0.25) is 0 Å². The maximum Gasteiger partial charge on any atom is 0.469 e. The van der Waals surface area contributed by atoms with E-state index in [-0.39, 0.29) is 12.0 Å². The second kappa shape index (κ2) is 10.7. The molecule has 6 heteroatoms. The minimum Gasteiger partial charge on any atom is -0.385 e. The summed E-state index contributed by atoms with van der Waals surface area (Å²) < 4.78 is 21.0. The van der Waals surface area contributed by atoms with Gasteiger partial charge in [-0.3, -0.25) is 4.52 Å². The topological polar surface area (TPSA) is 76.0 Å². The number of hydrogen-bond donors (Lipinski definition) is 2. The van der Waals surface area contributed by atoms with Crippen LogP contribution < -0.4 is 0 Å². The molecule has 3 rings (SSSR count). The van der Waals surface area contributed by atoms with Gasteiger partial charge in [0.05, 0.1) is 6.61 Å². The van der Waals surface area contributed by atoms with Crippen LogP contribution >= 0.6 is 7.82 Å². The first-order chi connectivity index (χ1) is 14.3. The van der Waals surface area contributed by atoms with Crippen LogP contribution in [0.1, 0.15) is 87.3 Å². The van der Waals surface area contributed by atoms with Gasteiger partial charge in [-0.1, -0.05) is 50.8 Å². The average molecular weight is 439 g/mol. The number of ether oxygens (including phenoxy) is 1. The zero-order chi connectivity index (χ0) is 21.6. The Kier molecular flexibility index (Phi) is 8.57. The summed E-state index contributed by atoms with van der Waals surface area (Å²) >= 11 is 0. The van der Waals surface area contributed by atoms with Gasteiger partial charge in [0.25, 0.3) is 0 Å². The molecule has 1 fully saturated rings. The summed E-state index contributed by atoms with van der Waals surface area (Å²) in [4.78, 5) is 18.0. The molecule has 0 radical (unpaired) electrons. The number of phosphoric acid groups is 1. The average Bonchev–Trinajstić information content (AvgIpc) is 3.11. The van der Waals surface area contributed by atoms with E-state index in [0.717, 1.165) is 31.8 Å². The third kappa shape index (κ3) is 7.17. The van der Waals surface area contributed by atoms with E-state index < -0.39 is 7.82 Å². The van der Waals surface area contributed by atoms with Gasteiger partial charge in [0.1, 0.15) is 0 Å². The molecule has 1 aromatic carbocycles. The summed E-state index contributed by atoms with van der Waals surface area (Å²) in [5.74, 6) is 1.29. The smallest absolute Gasteiger partial charge is 0.385 e. The molecule has 0 bridgehead atoms. The summed E-state index contributed by atoms with van der Waals surface area (Å²) in [6.07, 6.45) is 13.1. The first-order valence-electron chi connectivity index (χ1n) is 11.6. The van der Waals surface area contributed by atoms with Crippen molar-refractivity contribution in [2.24, 2.45) is 11.3 Å². The van der Waals surface area contributed by atoms with Crippen molar-refractivity contribution >= 4 is 7.82 Å². The van der Waals surface area contributed by atoms with Gasteiger partial charge in [-0.2, -0.15) is 0 Å². The van der Waals surface area contributed by atoms with Gasteiger partial charge < -0.3 is 14.5 Å². The Hall–Kier alpha value is -0.710. The second-order valence-corrected chi connectivity index (χ2v) is 11.1. The standard InChI is InChI=1S/C24H39O5P/c1-24(18-29-30(25,26)27)13-12-23(17-24)22-11-10-20-15-19(8-9-21(20)16-22)7-5-3-4-6-14-28-2/h10-11,16,19,23H,3-9,12-15,17-18H2,1-2H3,(H2,25,26,27)/t19-,23-,24-/m0/s1. The van der Waals surface area contributed by atoms with Crippen molar-refractivity contribution in [2.45, 2.75) is 83.5 Å². The number of aryl methyl sites for hydroxylation is 1. The molecule has 170 valence electrons. The van der Waals surface area contributed by atoms with Crippen LogP contribution in [0.2, 0.25) is 0 Å². The van der Waals surface area contributed by atoms with Crippen LogP contribution in [0.3, 0.4) is 0 Å². The van der Waals surface area contributed by atoms with E-state index in [2.05, 4.69) is 25.1 Å². The van der Waals surface area contributed by atoms with Crippen LogP contribution in [0, 0.1) is 11.3 Å². The Morgan fingerprint density at radius 2 is 1.93 bits per heavy atom. The molecule has 0 unspecified atom stereocenters. The van der Waals surface area contributed by atoms with Crippen LogP contribution in [0.5, 0.6) is 0 Å². The molecule has 0 aliphatic heterocycles. The number of benzene rings is 1. The molecule has 0 spiro atoms. The number of fused-ring (bicyclic) bond motifs is 1. The molecule has 30 heavy (non-hydrogen) atoms. The zero-order valence-electron chi connectivity index (χ0n) is 18.6. The normalized spacial score (nSPS) is 26.7. The SMILES string of the molecule is COCCCCCC[C@H]1CCc2cc([C@H]3CC[C@](C)(COP(=O)(O)O)C3)ccc2C1. The molecule has 5 nitrogen and oxygen atoms in total. The van der Waals surface area contributed by atoms with E-state index in [0.29, 0.717) is 5.92 Å². The predicted octanol–water partition coefficient (Wildman–Crippen LogP) is 5.77. The van der Waals surface area contributed by atoms with Crippen LogP contribution in [-0.4, -0.2) is 30.1 Å². The lowest BCUT2D eigenvalue weighted by atomic mass is 9.79. The van der Waals surface area contributed by atoms with Crippen molar-refractivity contribution in [3.05, 3.63) is 34.9 Å². The molecule has 1 aromatic rings. The van der Waals surface area contributed by atoms with Gasteiger partial charge in [0, 0.05) is 13.7 Å². The molecule has 0 saturated heterocycles. The fraction of sp³-hybridized carbons (Fsp3) is 0.750. The fourth-order valence-corrected chi connectivity index (χ4v) is 5.84. The van der Waals surface area contributed by atoms with Crippen molar-refractivity contribution < 1.29 is 23.6 Å². The molecule has 2 aliphatic carbocycles. The first-order valence-corrected chi connectivity index (χ1v) is 13.1. The zero-order valence-corrected chi connectivity index (χ0v) is 19.5. The van der Waals surface area contributed by atoms with Crippen LogP contribution in [0.4, 0.5) is 0 Å². The quantitative estimate of drug-likeness (QED) is 0.339. The van der Waals surface area contributed by atoms with E-state index >= 15 is 0 Å². The summed E-state index contributed by atoms with van der Waals surface area (Å²) in [6, 6.07) is 7.06. The lowest BCUT2D eigenvalue weighted by Gasteiger charge is -2.27. The molecule has 2 aliphatic rings. The first kappa shape index (κ1) is 23.9. The Morgan fingerprint density at radius 3 is 2.70 bits per heavy atom. The van der Waals surface area contributed by atoms with E-state index in [4.69, 9.17) is 19.0 Å². The lowest BCUT2D eigenvalue weighted by Crippen LogP contribution is -2.19. The predicted molar refractivity (Wildman–Crippen MR) is 120 cm³/mol. The molecular weight excluding hydrogens is 399 g/mol. The fourth-order valence-electron chi connectivity index (χ4n) is 5.36. The van der Waals surface area contributed by atoms with Gasteiger partial charge in [-0.25, -0.2) is 4.57 Å². The van der Waals surface area contributed by atoms with Crippen LogP contribution in [0.25, 0.3) is 0 Å². The molecule has 2 N–H and O–H groups in total. The summed E-state index contributed by atoms with van der Waals surface area (Å²) in [5, 5.41) is 0. The minimum absolute atomic E-state index is 0.131. The molecule has 0 aromatic heterocycles. The number of methoxy groups -OCH3 is 1. The number of phosphoric ester groups is 1. The summed E-state index contributed by atoms with van der Waals surface area (Å²) in [5.41, 5.74) is 4.28. The number of hydrogen-bond acceptors (Lipinski definition) is 3. The van der Waals surface area contributed by atoms with E-state index in [1.165, 1.54) is 68.1 Å². The van der Waals surface area contributed by atoms with Gasteiger partial charge in [0.15, 0.2) is 0 Å². The molecule has 0 amide bonds. The lowest BCUT2D eigenvalue weighted by molar-refractivity contribution is 0.120. The number of unbranched alkanes of at least 4 members (excludes halogenated alkanes) is 3. The highest BCUT2D eigenvalue weighted by Gasteiger charge is 2.38. The third-order valence-corrected chi connectivity index (χ3v) is 7.63. The van der Waals surface area contributed by atoms with E-state index in [1.54, 1.807) is 7.11 Å². The highest BCUT2D eigenvalue weighted by molar-refractivity contribution is 7.46. The Labute approximate surface area is 181 Å². The molecule has 1 saturated carbocycles. The van der Waals surface area contributed by atoms with Crippen molar-refractivity contribution in [3.8, 4) is 0 Å². The maximum atomic E-state index is 11.1. The highest BCUT2D eigenvalue weighted by Crippen LogP contribution is 2.49. The van der Waals surface area contributed by atoms with Gasteiger partial charge in [-0.15, -0.1) is 0 Å². The molecule has 0 heterocycles. The number of rotatable bonds is 11. The van der Waals surface area contributed by atoms with Crippen molar-refractivity contribution in [1.29, 1.82) is 0 Å². The largest absolute Gasteiger partial charge is 0.469 e. The third-order valence-electron chi connectivity index (χ3n) is 7.16. The van der Waals surface area contributed by atoms with Crippen molar-refractivity contribution in [1.82, 2.24) is 0 Å². The monoisotopic (exact) mass is 438 g/mol. The van der Waals surface area contributed by atoms with E-state index in [1.807, 2.05) is 0 Å². The summed E-state index contributed by atoms with van der Waals surface area (Å²) in [7, 11) is -2.62. The minimum atomic E-state index is -4.40. The van der Waals surface area contributed by atoms with Crippen molar-refractivity contribution in [3.63, 3.8) is 0 Å². The maximum absolute atomic E-state index is 11.1.